The van der Waals surface area contributed by atoms with Gasteiger partial charge >= 0.3 is 0 Å². The summed E-state index contributed by atoms with van der Waals surface area (Å²) in [6.07, 6.45) is 1.68. The van der Waals surface area contributed by atoms with Crippen molar-refractivity contribution >= 4 is 23.1 Å². The minimum absolute atomic E-state index is 0.0815. The molecule has 1 aromatic carbocycles. The Bertz CT molecular complexity index is 514. The fourth-order valence-corrected chi connectivity index (χ4v) is 1.95. The van der Waals surface area contributed by atoms with E-state index in [1.54, 1.807) is 18.3 Å². The molecule has 3 nitrogen and oxygen atoms in total. The quantitative estimate of drug-likeness (QED) is 0.873. The normalized spacial score (nSPS) is 12.1. The van der Waals surface area contributed by atoms with Crippen LogP contribution in [0.4, 0.5) is 11.5 Å². The molecular formula is C13H14ClN3. The summed E-state index contributed by atoms with van der Waals surface area (Å²) in [7, 11) is 0. The summed E-state index contributed by atoms with van der Waals surface area (Å²) in [4.78, 5) is 4.20. The van der Waals surface area contributed by atoms with Crippen molar-refractivity contribution in [2.24, 2.45) is 0 Å². The topological polar surface area (TPSA) is 50.9 Å². The summed E-state index contributed by atoms with van der Waals surface area (Å²) >= 11 is 6.13. The van der Waals surface area contributed by atoms with Gasteiger partial charge in [-0.1, -0.05) is 29.8 Å². The van der Waals surface area contributed by atoms with Crippen molar-refractivity contribution in [1.82, 2.24) is 4.98 Å². The maximum atomic E-state index is 6.13. The maximum absolute atomic E-state index is 6.13. The molecule has 1 aromatic heterocycles. The average Bonchev–Trinajstić information content (AvgIpc) is 2.29. The molecule has 0 saturated heterocycles. The highest BCUT2D eigenvalue weighted by molar-refractivity contribution is 6.31. The molecule has 0 saturated carbocycles. The zero-order valence-electron chi connectivity index (χ0n) is 9.52. The van der Waals surface area contributed by atoms with Crippen LogP contribution in [0.15, 0.2) is 42.6 Å². The van der Waals surface area contributed by atoms with Crippen LogP contribution in [0, 0.1) is 0 Å². The number of pyridine rings is 1. The molecule has 2 rings (SSSR count). The molecule has 0 aliphatic rings. The van der Waals surface area contributed by atoms with Crippen molar-refractivity contribution in [3.63, 3.8) is 0 Å². The van der Waals surface area contributed by atoms with Crippen LogP contribution < -0.4 is 11.1 Å². The number of nitrogens with two attached hydrogens (primary N) is 1. The minimum Gasteiger partial charge on any atom is -0.399 e. The zero-order chi connectivity index (χ0) is 12.3. The Labute approximate surface area is 106 Å². The summed E-state index contributed by atoms with van der Waals surface area (Å²) in [5, 5.41) is 4.01. The van der Waals surface area contributed by atoms with Crippen LogP contribution in [-0.4, -0.2) is 4.98 Å². The van der Waals surface area contributed by atoms with Gasteiger partial charge < -0.3 is 11.1 Å². The number of aromatic nitrogens is 1. The van der Waals surface area contributed by atoms with Crippen LogP contribution in [0.3, 0.4) is 0 Å². The Morgan fingerprint density at radius 2 is 2.06 bits per heavy atom. The average molecular weight is 248 g/mol. The summed E-state index contributed by atoms with van der Waals surface area (Å²) in [6, 6.07) is 11.4. The van der Waals surface area contributed by atoms with Gasteiger partial charge in [-0.15, -0.1) is 0 Å². The predicted molar refractivity (Wildman–Crippen MR) is 72.1 cm³/mol. The van der Waals surface area contributed by atoms with Gasteiger partial charge in [0.25, 0.3) is 0 Å². The van der Waals surface area contributed by atoms with Gasteiger partial charge in [-0.25, -0.2) is 4.98 Å². The molecule has 0 bridgehead atoms. The van der Waals surface area contributed by atoms with E-state index in [0.29, 0.717) is 5.69 Å². The second kappa shape index (κ2) is 5.06. The number of hydrogen-bond donors (Lipinski definition) is 2. The van der Waals surface area contributed by atoms with Gasteiger partial charge in [-0.2, -0.15) is 0 Å². The molecule has 4 heteroatoms. The fraction of sp³-hybridized carbons (Fsp3) is 0.154. The fourth-order valence-electron chi connectivity index (χ4n) is 1.65. The largest absolute Gasteiger partial charge is 0.399 e. The van der Waals surface area contributed by atoms with Crippen LogP contribution in [-0.2, 0) is 0 Å². The Morgan fingerprint density at radius 1 is 1.29 bits per heavy atom. The van der Waals surface area contributed by atoms with E-state index in [4.69, 9.17) is 17.3 Å². The highest BCUT2D eigenvalue weighted by Crippen LogP contribution is 2.25. The maximum Gasteiger partial charge on any atom is 0.128 e. The monoisotopic (exact) mass is 247 g/mol. The first-order chi connectivity index (χ1) is 8.16. The highest BCUT2D eigenvalue weighted by atomic mass is 35.5. The number of rotatable bonds is 3. The van der Waals surface area contributed by atoms with Gasteiger partial charge in [0.2, 0.25) is 0 Å². The molecule has 0 aliphatic carbocycles. The summed E-state index contributed by atoms with van der Waals surface area (Å²) in [5.74, 6) is 0.748. The van der Waals surface area contributed by atoms with E-state index in [9.17, 15) is 0 Å². The van der Waals surface area contributed by atoms with Crippen molar-refractivity contribution in [2.75, 3.05) is 11.1 Å². The molecule has 0 radical (unpaired) electrons. The lowest BCUT2D eigenvalue weighted by Gasteiger charge is -2.16. The Kier molecular flexibility index (Phi) is 3.49. The SMILES string of the molecule is CC(Nc1cc(N)ccn1)c1ccccc1Cl. The second-order valence-electron chi connectivity index (χ2n) is 3.86. The summed E-state index contributed by atoms with van der Waals surface area (Å²) < 4.78 is 0. The smallest absolute Gasteiger partial charge is 0.128 e. The molecule has 0 aliphatic heterocycles. The highest BCUT2D eigenvalue weighted by Gasteiger charge is 2.09. The first kappa shape index (κ1) is 11.7. The first-order valence-corrected chi connectivity index (χ1v) is 5.77. The van der Waals surface area contributed by atoms with Gasteiger partial charge in [-0.3, -0.25) is 0 Å². The van der Waals surface area contributed by atoms with Crippen LogP contribution in [0.25, 0.3) is 0 Å². The number of nitrogen functional groups attached to an aromatic ring is 1. The molecular weight excluding hydrogens is 234 g/mol. The van der Waals surface area contributed by atoms with Crippen molar-refractivity contribution in [3.05, 3.63) is 53.2 Å². The van der Waals surface area contributed by atoms with Crippen LogP contribution in [0.2, 0.25) is 5.02 Å². The molecule has 0 spiro atoms. The zero-order valence-corrected chi connectivity index (χ0v) is 10.3. The van der Waals surface area contributed by atoms with Gasteiger partial charge in [0, 0.05) is 23.0 Å². The lowest BCUT2D eigenvalue weighted by molar-refractivity contribution is 0.875. The molecule has 1 atom stereocenters. The van der Waals surface area contributed by atoms with E-state index >= 15 is 0 Å². The number of nitrogens with zero attached hydrogens (tertiary/aromatic N) is 1. The number of nitrogens with one attached hydrogen (secondary N) is 1. The molecule has 17 heavy (non-hydrogen) atoms. The minimum atomic E-state index is 0.0815. The van der Waals surface area contributed by atoms with E-state index in [1.165, 1.54) is 0 Å². The number of anilines is 2. The van der Waals surface area contributed by atoms with E-state index in [-0.39, 0.29) is 6.04 Å². The van der Waals surface area contributed by atoms with Crippen LogP contribution in [0.5, 0.6) is 0 Å². The third kappa shape index (κ3) is 2.88. The van der Waals surface area contributed by atoms with Gasteiger partial charge in [0.05, 0.1) is 6.04 Å². The molecule has 1 heterocycles. The second-order valence-corrected chi connectivity index (χ2v) is 4.27. The number of benzene rings is 1. The number of halogens is 1. The molecule has 2 aromatic rings. The van der Waals surface area contributed by atoms with Crippen molar-refractivity contribution < 1.29 is 0 Å². The lowest BCUT2D eigenvalue weighted by atomic mass is 10.1. The van der Waals surface area contributed by atoms with E-state index in [2.05, 4.69) is 10.3 Å². The Balaban J connectivity index is 2.17. The molecule has 1 unspecified atom stereocenters. The van der Waals surface area contributed by atoms with E-state index < -0.39 is 0 Å². The number of hydrogen-bond acceptors (Lipinski definition) is 3. The summed E-state index contributed by atoms with van der Waals surface area (Å²) in [5.41, 5.74) is 7.43. The third-order valence-electron chi connectivity index (χ3n) is 2.52. The van der Waals surface area contributed by atoms with E-state index in [0.717, 1.165) is 16.4 Å². The Morgan fingerprint density at radius 3 is 2.76 bits per heavy atom. The summed E-state index contributed by atoms with van der Waals surface area (Å²) in [6.45, 7) is 2.03. The van der Waals surface area contributed by atoms with Crippen LogP contribution in [0.1, 0.15) is 18.5 Å². The van der Waals surface area contributed by atoms with Crippen molar-refractivity contribution in [2.45, 2.75) is 13.0 Å². The Hall–Kier alpha value is -1.74. The third-order valence-corrected chi connectivity index (χ3v) is 2.86. The molecule has 3 N–H and O–H groups in total. The van der Waals surface area contributed by atoms with E-state index in [1.807, 2.05) is 31.2 Å². The molecule has 88 valence electrons. The molecule has 0 fully saturated rings. The first-order valence-electron chi connectivity index (χ1n) is 5.39. The predicted octanol–water partition coefficient (Wildman–Crippen LogP) is 3.49. The lowest BCUT2D eigenvalue weighted by Crippen LogP contribution is -2.08. The van der Waals surface area contributed by atoms with Crippen molar-refractivity contribution in [3.8, 4) is 0 Å². The molecule has 0 amide bonds. The standard InChI is InChI=1S/C13H14ClN3/c1-9(11-4-2-3-5-12(11)14)17-13-8-10(15)6-7-16-13/h2-9H,1H3,(H3,15,16,17). The van der Waals surface area contributed by atoms with Gasteiger partial charge in [-0.05, 0) is 24.6 Å². The van der Waals surface area contributed by atoms with Gasteiger partial charge in [0.1, 0.15) is 5.82 Å². The van der Waals surface area contributed by atoms with Gasteiger partial charge in [0.15, 0.2) is 0 Å². The van der Waals surface area contributed by atoms with Crippen LogP contribution >= 0.6 is 11.6 Å². The van der Waals surface area contributed by atoms with Crippen molar-refractivity contribution in [1.29, 1.82) is 0 Å².